The zero-order chi connectivity index (χ0) is 19.2. The molecule has 1 saturated carbocycles. The molecule has 0 heterocycles. The summed E-state index contributed by atoms with van der Waals surface area (Å²) in [7, 11) is 3.46. The van der Waals surface area contributed by atoms with Crippen LogP contribution in [0.1, 0.15) is 44.1 Å². The summed E-state index contributed by atoms with van der Waals surface area (Å²) in [6, 6.07) is 8.36. The van der Waals surface area contributed by atoms with Gasteiger partial charge in [0.15, 0.2) is 5.96 Å². The number of benzene rings is 1. The highest BCUT2D eigenvalue weighted by atomic mass is 127. The molecule has 0 radical (unpaired) electrons. The van der Waals surface area contributed by atoms with E-state index in [1.54, 1.807) is 14.2 Å². The van der Waals surface area contributed by atoms with E-state index < -0.39 is 0 Å². The zero-order valence-electron chi connectivity index (χ0n) is 17.2. The van der Waals surface area contributed by atoms with Crippen LogP contribution in [0.3, 0.4) is 0 Å². The summed E-state index contributed by atoms with van der Waals surface area (Å²) in [5.74, 6) is 1.77. The third kappa shape index (κ3) is 10.5. The third-order valence-corrected chi connectivity index (χ3v) is 4.65. The van der Waals surface area contributed by atoms with Gasteiger partial charge in [0.25, 0.3) is 0 Å². The fourth-order valence-electron chi connectivity index (χ4n) is 3.09. The number of hydrogen-bond acceptors (Lipinski definition) is 4. The summed E-state index contributed by atoms with van der Waals surface area (Å²) >= 11 is 0. The van der Waals surface area contributed by atoms with E-state index in [9.17, 15) is 0 Å². The predicted octanol–water partition coefficient (Wildman–Crippen LogP) is 3.73. The average molecular weight is 505 g/mol. The van der Waals surface area contributed by atoms with E-state index in [4.69, 9.17) is 14.2 Å². The minimum atomic E-state index is 0. The fourth-order valence-corrected chi connectivity index (χ4v) is 3.09. The van der Waals surface area contributed by atoms with E-state index in [-0.39, 0.29) is 24.0 Å². The minimum absolute atomic E-state index is 0. The van der Waals surface area contributed by atoms with Gasteiger partial charge in [-0.05, 0) is 49.8 Å². The molecule has 0 amide bonds. The molecule has 0 bridgehead atoms. The van der Waals surface area contributed by atoms with Gasteiger partial charge in [0.2, 0.25) is 0 Å². The number of hydrogen-bond donors (Lipinski definition) is 2. The molecule has 0 atom stereocenters. The van der Waals surface area contributed by atoms with Crippen LogP contribution in [0.2, 0.25) is 0 Å². The molecular weight excluding hydrogens is 469 g/mol. The second kappa shape index (κ2) is 15.8. The molecule has 1 aromatic carbocycles. The van der Waals surface area contributed by atoms with Gasteiger partial charge in [-0.25, -0.2) is 0 Å². The van der Waals surface area contributed by atoms with Crippen LogP contribution in [0, 0.1) is 0 Å². The van der Waals surface area contributed by atoms with Crippen molar-refractivity contribution in [2.75, 3.05) is 40.5 Å². The lowest BCUT2D eigenvalue weighted by Gasteiger charge is -2.23. The molecule has 1 aromatic rings. The quantitative estimate of drug-likeness (QED) is 0.208. The number of guanidine groups is 1. The maximum atomic E-state index is 6.08. The van der Waals surface area contributed by atoms with Crippen molar-refractivity contribution < 1.29 is 14.2 Å². The van der Waals surface area contributed by atoms with Crippen molar-refractivity contribution in [1.29, 1.82) is 0 Å². The van der Waals surface area contributed by atoms with E-state index in [1.165, 1.54) is 37.7 Å². The first-order valence-corrected chi connectivity index (χ1v) is 10.1. The topological polar surface area (TPSA) is 64.1 Å². The van der Waals surface area contributed by atoms with Crippen LogP contribution in [0.25, 0.3) is 0 Å². The van der Waals surface area contributed by atoms with E-state index in [0.717, 1.165) is 37.8 Å². The van der Waals surface area contributed by atoms with Gasteiger partial charge in [0.1, 0.15) is 5.75 Å². The van der Waals surface area contributed by atoms with Crippen LogP contribution in [0.5, 0.6) is 5.75 Å². The molecule has 2 N–H and O–H groups in total. The predicted molar refractivity (Wildman–Crippen MR) is 125 cm³/mol. The average Bonchev–Trinajstić information content (AvgIpc) is 2.71. The molecule has 7 heteroatoms. The number of rotatable bonds is 11. The molecule has 28 heavy (non-hydrogen) atoms. The highest BCUT2D eigenvalue weighted by molar-refractivity contribution is 14.0. The van der Waals surface area contributed by atoms with Crippen molar-refractivity contribution in [2.24, 2.45) is 4.99 Å². The van der Waals surface area contributed by atoms with Crippen LogP contribution in [-0.2, 0) is 16.0 Å². The molecule has 6 nitrogen and oxygen atoms in total. The number of ether oxygens (including phenoxy) is 3. The van der Waals surface area contributed by atoms with Crippen LogP contribution < -0.4 is 15.4 Å². The molecular formula is C21H36IN3O3. The molecule has 0 aliphatic heterocycles. The Kier molecular flexibility index (Phi) is 14.1. The van der Waals surface area contributed by atoms with Crippen LogP contribution in [0.15, 0.2) is 29.3 Å². The third-order valence-electron chi connectivity index (χ3n) is 4.65. The highest BCUT2D eigenvalue weighted by Gasteiger charge is 2.14. The summed E-state index contributed by atoms with van der Waals surface area (Å²) in [6.45, 7) is 3.55. The van der Waals surface area contributed by atoms with E-state index in [2.05, 4.69) is 39.9 Å². The Bertz CT molecular complexity index is 534. The maximum absolute atomic E-state index is 6.08. The molecule has 160 valence electrons. The molecule has 0 unspecified atom stereocenters. The Morgan fingerprint density at radius 2 is 1.79 bits per heavy atom. The Labute approximate surface area is 186 Å². The van der Waals surface area contributed by atoms with Crippen molar-refractivity contribution in [1.82, 2.24) is 10.6 Å². The van der Waals surface area contributed by atoms with Gasteiger partial charge in [-0.15, -0.1) is 24.0 Å². The molecule has 1 fully saturated rings. The lowest BCUT2D eigenvalue weighted by atomic mass is 9.98. The van der Waals surface area contributed by atoms with Crippen LogP contribution in [0.4, 0.5) is 0 Å². The van der Waals surface area contributed by atoms with Crippen molar-refractivity contribution >= 4 is 29.9 Å². The zero-order valence-corrected chi connectivity index (χ0v) is 19.6. The summed E-state index contributed by atoms with van der Waals surface area (Å²) in [5.41, 5.74) is 1.21. The minimum Gasteiger partial charge on any atom is -0.490 e. The number of nitrogens with zero attached hydrogens (tertiary/aromatic N) is 1. The van der Waals surface area contributed by atoms with Gasteiger partial charge < -0.3 is 24.8 Å². The first kappa shape index (κ1) is 25.0. The van der Waals surface area contributed by atoms with Gasteiger partial charge in [-0.2, -0.15) is 0 Å². The van der Waals surface area contributed by atoms with E-state index in [0.29, 0.717) is 19.3 Å². The Balaban J connectivity index is 0.00000392. The summed E-state index contributed by atoms with van der Waals surface area (Å²) in [4.78, 5) is 4.25. The summed E-state index contributed by atoms with van der Waals surface area (Å²) in [6.07, 6.45) is 7.61. The number of aliphatic imine (C=N–C) groups is 1. The molecule has 0 spiro atoms. The normalized spacial score (nSPS) is 15.0. The van der Waals surface area contributed by atoms with Gasteiger partial charge >= 0.3 is 0 Å². The monoisotopic (exact) mass is 505 g/mol. The van der Waals surface area contributed by atoms with Crippen molar-refractivity contribution in [3.05, 3.63) is 29.8 Å². The lowest BCUT2D eigenvalue weighted by molar-refractivity contribution is 0.0698. The van der Waals surface area contributed by atoms with E-state index >= 15 is 0 Å². The van der Waals surface area contributed by atoms with Crippen LogP contribution >= 0.6 is 24.0 Å². The Morgan fingerprint density at radius 1 is 1.04 bits per heavy atom. The molecule has 1 aliphatic carbocycles. The smallest absolute Gasteiger partial charge is 0.191 e. The molecule has 0 aromatic heterocycles. The van der Waals surface area contributed by atoms with Gasteiger partial charge in [-0.1, -0.05) is 18.6 Å². The van der Waals surface area contributed by atoms with Crippen molar-refractivity contribution in [3.63, 3.8) is 0 Å². The standard InChI is InChI=1S/C21H35N3O3.HI/c1-22-21(23-13-6-14-26-16-15-25-2)24-17-18-9-11-20(12-10-18)27-19-7-4-3-5-8-19;/h9-12,19H,3-8,13-17H2,1-2H3,(H2,22,23,24);1H. The van der Waals surface area contributed by atoms with Crippen LogP contribution in [-0.4, -0.2) is 52.6 Å². The number of halogens is 1. The Hall–Kier alpha value is -1.06. The number of nitrogens with one attached hydrogen (secondary N) is 2. The summed E-state index contributed by atoms with van der Waals surface area (Å²) in [5, 5.41) is 6.63. The van der Waals surface area contributed by atoms with E-state index in [1.807, 2.05) is 0 Å². The van der Waals surface area contributed by atoms with Gasteiger partial charge in [-0.3, -0.25) is 4.99 Å². The highest BCUT2D eigenvalue weighted by Crippen LogP contribution is 2.23. The van der Waals surface area contributed by atoms with Crippen molar-refractivity contribution in [2.45, 2.75) is 51.2 Å². The van der Waals surface area contributed by atoms with Crippen molar-refractivity contribution in [3.8, 4) is 5.75 Å². The molecule has 1 aliphatic rings. The second-order valence-electron chi connectivity index (χ2n) is 6.83. The fraction of sp³-hybridized carbons (Fsp3) is 0.667. The SMILES string of the molecule is CN=C(NCCCOCCOC)NCc1ccc(OC2CCCCC2)cc1.I. The Morgan fingerprint density at radius 3 is 2.46 bits per heavy atom. The first-order valence-electron chi connectivity index (χ1n) is 10.1. The van der Waals surface area contributed by atoms with Gasteiger partial charge in [0.05, 0.1) is 19.3 Å². The second-order valence-corrected chi connectivity index (χ2v) is 6.83. The van der Waals surface area contributed by atoms with Gasteiger partial charge in [0, 0.05) is 33.9 Å². The lowest BCUT2D eigenvalue weighted by Crippen LogP contribution is -2.37. The largest absolute Gasteiger partial charge is 0.490 e. The maximum Gasteiger partial charge on any atom is 0.191 e. The first-order chi connectivity index (χ1) is 13.3. The molecule has 0 saturated heterocycles. The number of methoxy groups -OCH3 is 1. The summed E-state index contributed by atoms with van der Waals surface area (Å²) < 4.78 is 16.5. The molecule has 2 rings (SSSR count).